The molecule has 4 rings (SSSR count). The number of amides is 1. The van der Waals surface area contributed by atoms with Gasteiger partial charge in [-0.15, -0.1) is 10.2 Å². The minimum atomic E-state index is -4.53. The molecule has 0 bridgehead atoms. The highest BCUT2D eigenvalue weighted by Crippen LogP contribution is 2.34. The lowest BCUT2D eigenvalue weighted by Gasteiger charge is -2.26. The number of hydrogen-bond donors (Lipinski definition) is 3. The molecule has 0 unspecified atom stereocenters. The second-order valence-electron chi connectivity index (χ2n) is 7.83. The van der Waals surface area contributed by atoms with Gasteiger partial charge in [0.1, 0.15) is 5.75 Å². The van der Waals surface area contributed by atoms with Crippen LogP contribution in [0.4, 0.5) is 36.3 Å². The van der Waals surface area contributed by atoms with E-state index in [-0.39, 0.29) is 23.1 Å². The van der Waals surface area contributed by atoms with Crippen molar-refractivity contribution in [1.82, 2.24) is 20.1 Å². The van der Waals surface area contributed by atoms with Crippen LogP contribution in [0.3, 0.4) is 0 Å². The molecule has 2 aromatic carbocycles. The van der Waals surface area contributed by atoms with Crippen LogP contribution in [0, 0.1) is 0 Å². The van der Waals surface area contributed by atoms with Crippen molar-refractivity contribution in [2.75, 3.05) is 31.3 Å². The summed E-state index contributed by atoms with van der Waals surface area (Å²) < 4.78 is 44.7. The third-order valence-electron chi connectivity index (χ3n) is 5.34. The largest absolute Gasteiger partial charge is 0.495 e. The standard InChI is InChI=1S/C22H22F3N7O2/c1-32-7-6-12-8-16(17(34-2)9-13(12)11-32)28-21-29-20(18(19(26)33)30-31-21)27-15-5-3-4-14(10-15)22(23,24)25/h3-5,8-10H,6-7,11H2,1-2H3,(H2,26,33)(H2,27,28,29,31). The van der Waals surface area contributed by atoms with Gasteiger partial charge < -0.3 is 26.0 Å². The molecule has 4 N–H and O–H groups in total. The lowest BCUT2D eigenvalue weighted by molar-refractivity contribution is -0.137. The van der Waals surface area contributed by atoms with E-state index in [9.17, 15) is 18.0 Å². The quantitative estimate of drug-likeness (QED) is 0.498. The summed E-state index contributed by atoms with van der Waals surface area (Å²) in [5.74, 6) is -0.506. The third-order valence-corrected chi connectivity index (χ3v) is 5.34. The molecule has 34 heavy (non-hydrogen) atoms. The number of nitrogens with one attached hydrogen (secondary N) is 2. The number of ether oxygens (including phenoxy) is 1. The van der Waals surface area contributed by atoms with Gasteiger partial charge >= 0.3 is 6.18 Å². The SMILES string of the molecule is COc1cc2c(cc1Nc1nnc(C(N)=O)c(Nc3cccc(C(F)(F)F)c3)n1)CCN(C)C2. The van der Waals surface area contributed by atoms with Gasteiger partial charge in [0.05, 0.1) is 18.4 Å². The molecule has 178 valence electrons. The average Bonchev–Trinajstić information content (AvgIpc) is 2.78. The Morgan fingerprint density at radius 1 is 1.15 bits per heavy atom. The molecule has 0 atom stereocenters. The zero-order chi connectivity index (χ0) is 24.5. The number of nitrogens with zero attached hydrogens (tertiary/aromatic N) is 4. The van der Waals surface area contributed by atoms with Crippen molar-refractivity contribution in [2.24, 2.45) is 5.73 Å². The summed E-state index contributed by atoms with van der Waals surface area (Å²) in [6, 6.07) is 8.33. The normalized spacial score (nSPS) is 13.8. The van der Waals surface area contributed by atoms with E-state index >= 15 is 0 Å². The number of halogens is 3. The number of methoxy groups -OCH3 is 1. The Hall–Kier alpha value is -3.93. The van der Waals surface area contributed by atoms with Gasteiger partial charge in [-0.25, -0.2) is 0 Å². The van der Waals surface area contributed by atoms with Crippen LogP contribution in [0.2, 0.25) is 0 Å². The topological polar surface area (TPSA) is 118 Å². The van der Waals surface area contributed by atoms with Crippen LogP contribution < -0.4 is 21.1 Å². The number of aromatic nitrogens is 3. The van der Waals surface area contributed by atoms with E-state index in [1.54, 1.807) is 0 Å². The molecule has 12 heteroatoms. The van der Waals surface area contributed by atoms with Crippen LogP contribution in [0.25, 0.3) is 0 Å². The maximum atomic E-state index is 13.1. The maximum Gasteiger partial charge on any atom is 0.416 e. The highest BCUT2D eigenvalue weighted by Gasteiger charge is 2.30. The molecule has 0 saturated carbocycles. The number of likely N-dealkylation sites (N-methyl/N-ethyl adjacent to an activating group) is 1. The van der Waals surface area contributed by atoms with E-state index in [2.05, 4.69) is 30.7 Å². The Morgan fingerprint density at radius 3 is 2.65 bits per heavy atom. The molecule has 0 saturated heterocycles. The summed E-state index contributed by atoms with van der Waals surface area (Å²) in [4.78, 5) is 18.2. The highest BCUT2D eigenvalue weighted by molar-refractivity contribution is 5.96. The van der Waals surface area contributed by atoms with Crippen molar-refractivity contribution in [3.8, 4) is 5.75 Å². The molecule has 0 radical (unpaired) electrons. The van der Waals surface area contributed by atoms with Gasteiger partial charge in [0.2, 0.25) is 5.95 Å². The van der Waals surface area contributed by atoms with Crippen LogP contribution in [0.15, 0.2) is 36.4 Å². The lowest BCUT2D eigenvalue weighted by atomic mass is 9.99. The molecule has 0 aliphatic carbocycles. The number of carbonyl (C=O) groups excluding carboxylic acids is 1. The summed E-state index contributed by atoms with van der Waals surface area (Å²) >= 11 is 0. The number of rotatable bonds is 6. The van der Waals surface area contributed by atoms with E-state index < -0.39 is 17.6 Å². The summed E-state index contributed by atoms with van der Waals surface area (Å²) in [5.41, 5.74) is 7.11. The zero-order valence-electron chi connectivity index (χ0n) is 18.4. The molecule has 2 heterocycles. The lowest BCUT2D eigenvalue weighted by Crippen LogP contribution is -2.26. The molecule has 1 amide bonds. The van der Waals surface area contributed by atoms with Crippen molar-refractivity contribution >= 4 is 29.0 Å². The van der Waals surface area contributed by atoms with Gasteiger partial charge in [0.15, 0.2) is 11.5 Å². The predicted molar refractivity (Wildman–Crippen MR) is 119 cm³/mol. The van der Waals surface area contributed by atoms with Gasteiger partial charge in [0, 0.05) is 18.8 Å². The summed E-state index contributed by atoms with van der Waals surface area (Å²) in [5, 5.41) is 13.4. The smallest absolute Gasteiger partial charge is 0.416 e. The molecule has 0 fully saturated rings. The van der Waals surface area contributed by atoms with Crippen LogP contribution in [-0.4, -0.2) is 46.7 Å². The van der Waals surface area contributed by atoms with Crippen molar-refractivity contribution in [3.05, 3.63) is 58.8 Å². The van der Waals surface area contributed by atoms with Crippen LogP contribution >= 0.6 is 0 Å². The number of anilines is 4. The Balaban J connectivity index is 1.66. The molecular weight excluding hydrogens is 451 g/mol. The molecular formula is C22H22F3N7O2. The Kier molecular flexibility index (Phi) is 6.24. The Labute approximate surface area is 193 Å². The summed E-state index contributed by atoms with van der Waals surface area (Å²) in [7, 11) is 3.58. The molecule has 3 aromatic rings. The first-order valence-electron chi connectivity index (χ1n) is 10.3. The first kappa shape index (κ1) is 23.2. The van der Waals surface area contributed by atoms with E-state index in [1.807, 2.05) is 19.2 Å². The molecule has 1 aliphatic heterocycles. The Bertz CT molecular complexity index is 1230. The number of benzene rings is 2. The van der Waals surface area contributed by atoms with Crippen LogP contribution in [0.5, 0.6) is 5.75 Å². The number of fused-ring (bicyclic) bond motifs is 1. The van der Waals surface area contributed by atoms with Gasteiger partial charge in [-0.05, 0) is 54.9 Å². The second kappa shape index (κ2) is 9.14. The second-order valence-corrected chi connectivity index (χ2v) is 7.83. The number of nitrogens with two attached hydrogens (primary N) is 1. The fourth-order valence-corrected chi connectivity index (χ4v) is 3.66. The van der Waals surface area contributed by atoms with Gasteiger partial charge in [-0.1, -0.05) is 6.07 Å². The van der Waals surface area contributed by atoms with E-state index in [0.29, 0.717) is 11.4 Å². The van der Waals surface area contributed by atoms with Gasteiger partial charge in [0.25, 0.3) is 5.91 Å². The predicted octanol–water partition coefficient (Wildman–Crippen LogP) is 3.47. The van der Waals surface area contributed by atoms with Gasteiger partial charge in [-0.3, -0.25) is 4.79 Å². The molecule has 0 spiro atoms. The third kappa shape index (κ3) is 5.01. The van der Waals surface area contributed by atoms with Crippen molar-refractivity contribution in [3.63, 3.8) is 0 Å². The van der Waals surface area contributed by atoms with Crippen molar-refractivity contribution in [1.29, 1.82) is 0 Å². The van der Waals surface area contributed by atoms with Gasteiger partial charge in [-0.2, -0.15) is 18.2 Å². The summed E-state index contributed by atoms with van der Waals surface area (Å²) in [6.45, 7) is 1.71. The highest BCUT2D eigenvalue weighted by atomic mass is 19.4. The number of primary amides is 1. The average molecular weight is 473 g/mol. The summed E-state index contributed by atoms with van der Waals surface area (Å²) in [6.07, 6.45) is -3.68. The number of carbonyl (C=O) groups is 1. The fraction of sp³-hybridized carbons (Fsp3) is 0.273. The Morgan fingerprint density at radius 2 is 1.94 bits per heavy atom. The maximum absolute atomic E-state index is 13.1. The van der Waals surface area contributed by atoms with Crippen LogP contribution in [-0.2, 0) is 19.1 Å². The first-order valence-corrected chi connectivity index (χ1v) is 10.3. The molecule has 1 aromatic heterocycles. The monoisotopic (exact) mass is 473 g/mol. The van der Waals surface area contributed by atoms with E-state index in [0.717, 1.165) is 42.8 Å². The number of alkyl halides is 3. The van der Waals surface area contributed by atoms with Crippen molar-refractivity contribution in [2.45, 2.75) is 19.1 Å². The molecule has 9 nitrogen and oxygen atoms in total. The minimum absolute atomic E-state index is 0.00523. The van der Waals surface area contributed by atoms with E-state index in [4.69, 9.17) is 10.5 Å². The zero-order valence-corrected chi connectivity index (χ0v) is 18.4. The fourth-order valence-electron chi connectivity index (χ4n) is 3.66. The van der Waals surface area contributed by atoms with E-state index in [1.165, 1.54) is 19.2 Å². The molecule has 1 aliphatic rings. The number of hydrogen-bond acceptors (Lipinski definition) is 8. The minimum Gasteiger partial charge on any atom is -0.495 e. The van der Waals surface area contributed by atoms with Crippen molar-refractivity contribution < 1.29 is 22.7 Å². The first-order chi connectivity index (χ1) is 16.1. The van der Waals surface area contributed by atoms with Crippen LogP contribution in [0.1, 0.15) is 27.2 Å².